The van der Waals surface area contributed by atoms with Crippen LogP contribution in [0.2, 0.25) is 0 Å². The lowest BCUT2D eigenvalue weighted by molar-refractivity contribution is -0.142. The van der Waals surface area contributed by atoms with E-state index >= 15 is 0 Å². The van der Waals surface area contributed by atoms with Gasteiger partial charge in [0.2, 0.25) is 5.91 Å². The van der Waals surface area contributed by atoms with Crippen molar-refractivity contribution in [2.24, 2.45) is 5.92 Å². The zero-order valence-electron chi connectivity index (χ0n) is 19.4. The maximum atomic E-state index is 12.8. The number of ether oxygens (including phenoxy) is 1. The predicted octanol–water partition coefficient (Wildman–Crippen LogP) is 3.92. The number of benzene rings is 2. The summed E-state index contributed by atoms with van der Waals surface area (Å²) in [7, 11) is 0. The first-order valence-corrected chi connectivity index (χ1v) is 11.4. The Balaban J connectivity index is 1.68. The van der Waals surface area contributed by atoms with Gasteiger partial charge in [-0.25, -0.2) is 9.59 Å². The molecule has 0 aliphatic heterocycles. The molecule has 0 bridgehead atoms. The fourth-order valence-electron chi connectivity index (χ4n) is 4.17. The Labute approximate surface area is 199 Å². The van der Waals surface area contributed by atoms with E-state index in [0.717, 1.165) is 28.7 Å². The Bertz CT molecular complexity index is 1040. The zero-order valence-corrected chi connectivity index (χ0v) is 19.4. The van der Waals surface area contributed by atoms with Crippen LogP contribution in [0, 0.1) is 18.3 Å². The molecule has 0 aromatic heterocycles. The molecule has 2 aromatic rings. The van der Waals surface area contributed by atoms with Gasteiger partial charge >= 0.3 is 12.1 Å². The number of amides is 2. The molecule has 34 heavy (non-hydrogen) atoms. The Morgan fingerprint density at radius 3 is 2.15 bits per heavy atom. The SMILES string of the molecule is C#CCC(NC(=O)C(CC(C)CC)NC(=O)OCC1c2ccccc2-c2ccccc21)C(=O)O. The third-order valence-electron chi connectivity index (χ3n) is 6.22. The highest BCUT2D eigenvalue weighted by Crippen LogP contribution is 2.44. The van der Waals surface area contributed by atoms with Crippen LogP contribution in [0.5, 0.6) is 0 Å². The minimum Gasteiger partial charge on any atom is -0.480 e. The molecule has 0 heterocycles. The van der Waals surface area contributed by atoms with Crippen LogP contribution < -0.4 is 10.6 Å². The summed E-state index contributed by atoms with van der Waals surface area (Å²) in [6.45, 7) is 4.05. The molecule has 3 unspecified atom stereocenters. The minimum absolute atomic E-state index is 0.105. The van der Waals surface area contributed by atoms with Gasteiger partial charge in [-0.15, -0.1) is 12.3 Å². The van der Waals surface area contributed by atoms with Crippen molar-refractivity contribution in [2.75, 3.05) is 6.61 Å². The first kappa shape index (κ1) is 24.8. The number of fused-ring (bicyclic) bond motifs is 3. The van der Waals surface area contributed by atoms with Gasteiger partial charge in [-0.05, 0) is 34.6 Å². The summed E-state index contributed by atoms with van der Waals surface area (Å²) in [6, 6.07) is 13.9. The second-order valence-electron chi connectivity index (χ2n) is 8.58. The molecule has 0 saturated heterocycles. The van der Waals surface area contributed by atoms with Gasteiger partial charge in [0, 0.05) is 12.3 Å². The highest BCUT2D eigenvalue weighted by Gasteiger charge is 2.31. The van der Waals surface area contributed by atoms with Gasteiger partial charge in [0.05, 0.1) is 0 Å². The third-order valence-corrected chi connectivity index (χ3v) is 6.22. The van der Waals surface area contributed by atoms with Crippen molar-refractivity contribution in [3.05, 3.63) is 59.7 Å². The molecule has 7 nitrogen and oxygen atoms in total. The Morgan fingerprint density at radius 1 is 1.03 bits per heavy atom. The molecule has 0 spiro atoms. The number of carbonyl (C=O) groups is 3. The molecule has 0 radical (unpaired) electrons. The summed E-state index contributed by atoms with van der Waals surface area (Å²) in [6.07, 6.45) is 5.47. The Hall–Kier alpha value is -3.79. The highest BCUT2D eigenvalue weighted by atomic mass is 16.5. The van der Waals surface area contributed by atoms with Crippen molar-refractivity contribution in [1.82, 2.24) is 10.6 Å². The van der Waals surface area contributed by atoms with Crippen molar-refractivity contribution in [3.8, 4) is 23.5 Å². The molecule has 2 amide bonds. The summed E-state index contributed by atoms with van der Waals surface area (Å²) in [5.41, 5.74) is 4.41. The van der Waals surface area contributed by atoms with E-state index in [2.05, 4.69) is 28.7 Å². The molecular formula is C27H30N2O5. The van der Waals surface area contributed by atoms with Gasteiger partial charge in [0.1, 0.15) is 18.7 Å². The monoisotopic (exact) mass is 462 g/mol. The first-order chi connectivity index (χ1) is 16.3. The molecule has 1 aliphatic carbocycles. The molecular weight excluding hydrogens is 432 g/mol. The van der Waals surface area contributed by atoms with Crippen LogP contribution in [0.4, 0.5) is 4.79 Å². The second-order valence-corrected chi connectivity index (χ2v) is 8.58. The highest BCUT2D eigenvalue weighted by molar-refractivity contribution is 5.89. The lowest BCUT2D eigenvalue weighted by Crippen LogP contribution is -2.52. The molecule has 3 N–H and O–H groups in total. The predicted molar refractivity (Wildman–Crippen MR) is 129 cm³/mol. The second kappa shape index (κ2) is 11.4. The van der Waals surface area contributed by atoms with Crippen molar-refractivity contribution in [3.63, 3.8) is 0 Å². The maximum absolute atomic E-state index is 12.8. The van der Waals surface area contributed by atoms with E-state index < -0.39 is 30.1 Å². The number of hydrogen-bond donors (Lipinski definition) is 3. The van der Waals surface area contributed by atoms with E-state index in [1.54, 1.807) is 0 Å². The molecule has 178 valence electrons. The van der Waals surface area contributed by atoms with Crippen LogP contribution in [0.3, 0.4) is 0 Å². The smallest absolute Gasteiger partial charge is 0.407 e. The third kappa shape index (κ3) is 5.76. The number of alkyl carbamates (subject to hydrolysis) is 1. The fraction of sp³-hybridized carbons (Fsp3) is 0.370. The van der Waals surface area contributed by atoms with E-state index in [9.17, 15) is 19.5 Å². The molecule has 2 aromatic carbocycles. The van der Waals surface area contributed by atoms with Crippen molar-refractivity contribution < 1.29 is 24.2 Å². The van der Waals surface area contributed by atoms with Crippen LogP contribution in [0.15, 0.2) is 48.5 Å². The standard InChI is InChI=1S/C27H30N2O5/c1-4-10-23(26(31)32)28-25(30)24(15-17(3)5-2)29-27(33)34-16-22-20-13-8-6-11-18(20)19-12-7-9-14-21(19)22/h1,6-9,11-14,17,22-24H,5,10,15-16H2,2-3H3,(H,28,30)(H,29,33)(H,31,32). The van der Waals surface area contributed by atoms with Gasteiger partial charge in [-0.3, -0.25) is 4.79 Å². The number of hydrogen-bond acceptors (Lipinski definition) is 4. The molecule has 3 rings (SSSR count). The van der Waals surface area contributed by atoms with Gasteiger partial charge < -0.3 is 20.5 Å². The average Bonchev–Trinajstić information content (AvgIpc) is 3.15. The van der Waals surface area contributed by atoms with E-state index in [1.165, 1.54) is 0 Å². The van der Waals surface area contributed by atoms with Crippen LogP contribution >= 0.6 is 0 Å². The molecule has 3 atom stereocenters. The first-order valence-electron chi connectivity index (χ1n) is 11.4. The van der Waals surface area contributed by atoms with Crippen LogP contribution in [-0.2, 0) is 14.3 Å². The molecule has 0 fully saturated rings. The van der Waals surface area contributed by atoms with E-state index in [4.69, 9.17) is 11.2 Å². The maximum Gasteiger partial charge on any atom is 0.407 e. The average molecular weight is 463 g/mol. The van der Waals surface area contributed by atoms with Gasteiger partial charge in [-0.2, -0.15) is 0 Å². The number of carbonyl (C=O) groups excluding carboxylic acids is 2. The Morgan fingerprint density at radius 2 is 1.62 bits per heavy atom. The number of aliphatic carboxylic acids is 1. The van der Waals surface area contributed by atoms with Crippen LogP contribution in [0.1, 0.15) is 50.2 Å². The van der Waals surface area contributed by atoms with Crippen molar-refractivity contribution in [2.45, 2.75) is 51.1 Å². The van der Waals surface area contributed by atoms with Crippen molar-refractivity contribution >= 4 is 18.0 Å². The number of rotatable bonds is 10. The summed E-state index contributed by atoms with van der Waals surface area (Å²) >= 11 is 0. The molecule has 7 heteroatoms. The number of nitrogens with one attached hydrogen (secondary N) is 2. The minimum atomic E-state index is -1.23. The summed E-state index contributed by atoms with van der Waals surface area (Å²) in [4.78, 5) is 36.9. The van der Waals surface area contributed by atoms with Crippen LogP contribution in [-0.4, -0.2) is 41.8 Å². The van der Waals surface area contributed by atoms with Gasteiger partial charge in [0.25, 0.3) is 0 Å². The van der Waals surface area contributed by atoms with E-state index in [-0.39, 0.29) is 24.9 Å². The van der Waals surface area contributed by atoms with E-state index in [0.29, 0.717) is 6.42 Å². The lowest BCUT2D eigenvalue weighted by atomic mass is 9.98. The quantitative estimate of drug-likeness (QED) is 0.464. The normalized spacial score (nSPS) is 14.6. The van der Waals surface area contributed by atoms with Crippen LogP contribution in [0.25, 0.3) is 11.1 Å². The van der Waals surface area contributed by atoms with Gasteiger partial charge in [0.15, 0.2) is 0 Å². The largest absolute Gasteiger partial charge is 0.480 e. The van der Waals surface area contributed by atoms with E-state index in [1.807, 2.05) is 50.2 Å². The fourth-order valence-corrected chi connectivity index (χ4v) is 4.17. The van der Waals surface area contributed by atoms with Crippen molar-refractivity contribution in [1.29, 1.82) is 0 Å². The number of carboxylic acid groups (broad SMARTS) is 1. The number of carboxylic acids is 1. The summed E-state index contributed by atoms with van der Waals surface area (Å²) < 4.78 is 5.56. The zero-order chi connectivity index (χ0) is 24.7. The summed E-state index contributed by atoms with van der Waals surface area (Å²) in [5.74, 6) is 0.440. The Kier molecular flexibility index (Phi) is 8.31. The summed E-state index contributed by atoms with van der Waals surface area (Å²) in [5, 5.41) is 14.3. The molecule has 1 aliphatic rings. The topological polar surface area (TPSA) is 105 Å². The lowest BCUT2D eigenvalue weighted by Gasteiger charge is -2.23. The number of terminal acetylenes is 1. The van der Waals surface area contributed by atoms with Gasteiger partial charge in [-0.1, -0.05) is 68.8 Å². The molecule has 0 saturated carbocycles.